The van der Waals surface area contributed by atoms with E-state index in [-0.39, 0.29) is 24.1 Å². The fourth-order valence-electron chi connectivity index (χ4n) is 2.21. The zero-order valence-corrected chi connectivity index (χ0v) is 12.9. The molecule has 2 aromatic carbocycles. The van der Waals surface area contributed by atoms with E-state index in [9.17, 15) is 13.6 Å². The summed E-state index contributed by atoms with van der Waals surface area (Å²) in [6.45, 7) is 0.153. The van der Waals surface area contributed by atoms with Crippen molar-refractivity contribution < 1.29 is 23.0 Å². The smallest absolute Gasteiger partial charge is 0.258 e. The quantitative estimate of drug-likeness (QED) is 0.890. The highest BCUT2D eigenvalue weighted by Crippen LogP contribution is 2.27. The van der Waals surface area contributed by atoms with Crippen LogP contribution in [0.1, 0.15) is 15.9 Å². The van der Waals surface area contributed by atoms with Crippen molar-refractivity contribution in [1.82, 2.24) is 5.32 Å². The maximum absolute atomic E-state index is 13.5. The molecule has 0 unspecified atom stereocenters. The lowest BCUT2D eigenvalue weighted by Gasteiger charge is -2.13. The lowest BCUT2D eigenvalue weighted by Crippen LogP contribution is -2.26. The monoisotopic (exact) mass is 321 g/mol. The fraction of sp³-hybridized carbons (Fsp3) is 0.235. The third kappa shape index (κ3) is 3.97. The maximum atomic E-state index is 13.5. The van der Waals surface area contributed by atoms with Gasteiger partial charge in [0.1, 0.15) is 28.7 Å². The molecule has 0 heterocycles. The van der Waals surface area contributed by atoms with E-state index in [2.05, 4.69) is 5.32 Å². The second-order valence-corrected chi connectivity index (χ2v) is 4.78. The number of ether oxygens (including phenoxy) is 2. The summed E-state index contributed by atoms with van der Waals surface area (Å²) in [4.78, 5) is 12.3. The van der Waals surface area contributed by atoms with Crippen LogP contribution in [0.4, 0.5) is 8.78 Å². The molecular formula is C17H17F2NO3. The molecule has 0 saturated carbocycles. The largest absolute Gasteiger partial charge is 0.496 e. The summed E-state index contributed by atoms with van der Waals surface area (Å²) < 4.78 is 37.0. The Hall–Kier alpha value is -2.63. The minimum atomic E-state index is -0.515. The van der Waals surface area contributed by atoms with Crippen LogP contribution in [0, 0.1) is 11.6 Å². The van der Waals surface area contributed by atoms with E-state index in [1.807, 2.05) is 0 Å². The maximum Gasteiger partial charge on any atom is 0.258 e. The van der Waals surface area contributed by atoms with Crippen molar-refractivity contribution in [2.45, 2.75) is 6.42 Å². The Balaban J connectivity index is 2.07. The average Bonchev–Trinajstić information content (AvgIpc) is 2.56. The predicted octanol–water partition coefficient (Wildman–Crippen LogP) is 2.95. The van der Waals surface area contributed by atoms with Gasteiger partial charge in [-0.2, -0.15) is 0 Å². The van der Waals surface area contributed by atoms with Crippen molar-refractivity contribution in [2.75, 3.05) is 20.8 Å². The van der Waals surface area contributed by atoms with Gasteiger partial charge in [0.2, 0.25) is 0 Å². The lowest BCUT2D eigenvalue weighted by molar-refractivity contribution is 0.0947. The molecule has 0 spiro atoms. The number of hydrogen-bond acceptors (Lipinski definition) is 3. The Kier molecular flexibility index (Phi) is 5.51. The Morgan fingerprint density at radius 2 is 1.74 bits per heavy atom. The standard InChI is InChI=1S/C17H17F2NO3/c1-22-14-4-3-5-15(23-2)16(14)17(21)20-9-8-11-10-12(18)6-7-13(11)19/h3-7,10H,8-9H2,1-2H3,(H,20,21). The molecule has 1 N–H and O–H groups in total. The fourth-order valence-corrected chi connectivity index (χ4v) is 2.21. The Labute approximate surface area is 133 Å². The van der Waals surface area contributed by atoms with E-state index in [0.29, 0.717) is 11.5 Å². The summed E-state index contributed by atoms with van der Waals surface area (Å²) in [6, 6.07) is 8.22. The molecule has 2 rings (SSSR count). The summed E-state index contributed by atoms with van der Waals surface area (Å²) in [5.41, 5.74) is 0.467. The molecular weight excluding hydrogens is 304 g/mol. The molecule has 0 aromatic heterocycles. The summed E-state index contributed by atoms with van der Waals surface area (Å²) in [5, 5.41) is 2.66. The van der Waals surface area contributed by atoms with Gasteiger partial charge in [-0.3, -0.25) is 4.79 Å². The first-order valence-electron chi connectivity index (χ1n) is 7.00. The Morgan fingerprint density at radius 1 is 1.09 bits per heavy atom. The molecule has 0 radical (unpaired) electrons. The Bertz CT molecular complexity index is 682. The highest BCUT2D eigenvalue weighted by Gasteiger charge is 2.17. The van der Waals surface area contributed by atoms with Gasteiger partial charge in [-0.25, -0.2) is 8.78 Å². The summed E-state index contributed by atoms with van der Waals surface area (Å²) in [6.07, 6.45) is 0.173. The van der Waals surface area contributed by atoms with Gasteiger partial charge < -0.3 is 14.8 Å². The minimum absolute atomic E-state index is 0.153. The second-order valence-electron chi connectivity index (χ2n) is 4.78. The normalized spacial score (nSPS) is 10.3. The molecule has 0 aliphatic rings. The number of nitrogens with one attached hydrogen (secondary N) is 1. The van der Waals surface area contributed by atoms with Crippen LogP contribution >= 0.6 is 0 Å². The van der Waals surface area contributed by atoms with Crippen LogP contribution in [0.3, 0.4) is 0 Å². The van der Waals surface area contributed by atoms with Gasteiger partial charge in [0.25, 0.3) is 5.91 Å². The number of carbonyl (C=O) groups is 1. The lowest BCUT2D eigenvalue weighted by atomic mass is 10.1. The van der Waals surface area contributed by atoms with Crippen molar-refractivity contribution >= 4 is 5.91 Å². The van der Waals surface area contributed by atoms with Crippen LogP contribution < -0.4 is 14.8 Å². The molecule has 0 aliphatic heterocycles. The first kappa shape index (κ1) is 16.7. The van der Waals surface area contributed by atoms with Gasteiger partial charge in [0, 0.05) is 6.54 Å². The van der Waals surface area contributed by atoms with Crippen molar-refractivity contribution in [2.24, 2.45) is 0 Å². The Morgan fingerprint density at radius 3 is 2.35 bits per heavy atom. The number of halogens is 2. The first-order chi connectivity index (χ1) is 11.1. The molecule has 0 fully saturated rings. The predicted molar refractivity (Wildman–Crippen MR) is 81.9 cm³/mol. The average molecular weight is 321 g/mol. The van der Waals surface area contributed by atoms with Crippen molar-refractivity contribution in [1.29, 1.82) is 0 Å². The summed E-state index contributed by atoms with van der Waals surface area (Å²) in [7, 11) is 2.90. The highest BCUT2D eigenvalue weighted by molar-refractivity contribution is 5.99. The van der Waals surface area contributed by atoms with Crippen molar-refractivity contribution in [3.63, 3.8) is 0 Å². The van der Waals surface area contributed by atoms with Gasteiger partial charge in [-0.05, 0) is 42.3 Å². The number of amides is 1. The zero-order chi connectivity index (χ0) is 16.8. The first-order valence-corrected chi connectivity index (χ1v) is 7.00. The molecule has 6 heteroatoms. The van der Waals surface area contributed by atoms with Crippen molar-refractivity contribution in [3.8, 4) is 11.5 Å². The van der Waals surface area contributed by atoms with Gasteiger partial charge >= 0.3 is 0 Å². The molecule has 23 heavy (non-hydrogen) atoms. The number of methoxy groups -OCH3 is 2. The molecule has 0 atom stereocenters. The number of hydrogen-bond donors (Lipinski definition) is 1. The zero-order valence-electron chi connectivity index (χ0n) is 12.9. The second kappa shape index (κ2) is 7.58. The number of rotatable bonds is 6. The third-order valence-corrected chi connectivity index (χ3v) is 3.34. The van der Waals surface area contributed by atoms with Gasteiger partial charge in [-0.15, -0.1) is 0 Å². The van der Waals surface area contributed by atoms with Crippen LogP contribution in [0.5, 0.6) is 11.5 Å². The molecule has 122 valence electrons. The van der Waals surface area contributed by atoms with E-state index >= 15 is 0 Å². The van der Waals surface area contributed by atoms with Gasteiger partial charge in [0.15, 0.2) is 0 Å². The molecule has 0 aliphatic carbocycles. The van der Waals surface area contributed by atoms with Gasteiger partial charge in [-0.1, -0.05) is 6.07 Å². The number of benzene rings is 2. The van der Waals surface area contributed by atoms with Crippen LogP contribution in [-0.2, 0) is 6.42 Å². The summed E-state index contributed by atoms with van der Waals surface area (Å²) >= 11 is 0. The van der Waals surface area contributed by atoms with E-state index in [4.69, 9.17) is 9.47 Å². The van der Waals surface area contributed by atoms with E-state index in [1.54, 1.807) is 18.2 Å². The van der Waals surface area contributed by atoms with E-state index < -0.39 is 17.5 Å². The van der Waals surface area contributed by atoms with E-state index in [1.165, 1.54) is 14.2 Å². The molecule has 0 saturated heterocycles. The summed E-state index contributed by atoms with van der Waals surface area (Å²) in [5.74, 6) is -0.677. The third-order valence-electron chi connectivity index (χ3n) is 3.34. The van der Waals surface area contributed by atoms with Crippen LogP contribution in [0.25, 0.3) is 0 Å². The highest BCUT2D eigenvalue weighted by atomic mass is 19.1. The SMILES string of the molecule is COc1cccc(OC)c1C(=O)NCCc1cc(F)ccc1F. The van der Waals surface area contributed by atoms with Crippen LogP contribution in [0.2, 0.25) is 0 Å². The molecule has 2 aromatic rings. The minimum Gasteiger partial charge on any atom is -0.496 e. The van der Waals surface area contributed by atoms with Crippen LogP contribution in [0.15, 0.2) is 36.4 Å². The topological polar surface area (TPSA) is 47.6 Å². The van der Waals surface area contributed by atoms with Crippen molar-refractivity contribution in [3.05, 3.63) is 59.2 Å². The molecule has 4 nitrogen and oxygen atoms in total. The molecule has 1 amide bonds. The molecule has 0 bridgehead atoms. The van der Waals surface area contributed by atoms with Crippen LogP contribution in [-0.4, -0.2) is 26.7 Å². The number of carbonyl (C=O) groups excluding carboxylic acids is 1. The van der Waals surface area contributed by atoms with E-state index in [0.717, 1.165) is 18.2 Å². The van der Waals surface area contributed by atoms with Gasteiger partial charge in [0.05, 0.1) is 14.2 Å².